The van der Waals surface area contributed by atoms with Crippen molar-refractivity contribution in [2.45, 2.75) is 32.8 Å². The van der Waals surface area contributed by atoms with E-state index in [9.17, 15) is 8.78 Å². The van der Waals surface area contributed by atoms with E-state index in [1.54, 1.807) is 0 Å². The van der Waals surface area contributed by atoms with Gasteiger partial charge >= 0.3 is 0 Å². The molecule has 2 atom stereocenters. The summed E-state index contributed by atoms with van der Waals surface area (Å²) in [6.45, 7) is 5.94. The monoisotopic (exact) mass is 303 g/mol. The summed E-state index contributed by atoms with van der Waals surface area (Å²) in [5, 5.41) is 3.00. The Hall–Kier alpha value is -0.870. The first-order valence-electron chi connectivity index (χ1n) is 7.00. The average Bonchev–Trinajstić information content (AvgIpc) is 2.91. The van der Waals surface area contributed by atoms with Crippen molar-refractivity contribution in [1.29, 1.82) is 0 Å². The molecule has 1 aliphatic rings. The van der Waals surface area contributed by atoms with Crippen LogP contribution in [0.2, 0.25) is 5.02 Å². The number of ether oxygens (including phenoxy) is 1. The largest absolute Gasteiger partial charge is 0.485 e. The zero-order chi connectivity index (χ0) is 14.7. The number of nitrogens with one attached hydrogen (secondary N) is 1. The fraction of sp³-hybridized carbons (Fsp3) is 0.600. The smallest absolute Gasteiger partial charge is 0.176 e. The molecule has 1 aromatic carbocycles. The molecule has 0 aromatic heterocycles. The molecule has 0 unspecified atom stereocenters. The molecule has 0 spiro atoms. The number of benzene rings is 1. The summed E-state index contributed by atoms with van der Waals surface area (Å²) in [5.74, 6) is -0.719. The maximum atomic E-state index is 13.8. The fourth-order valence-corrected chi connectivity index (χ4v) is 2.76. The summed E-state index contributed by atoms with van der Waals surface area (Å²) >= 11 is 5.83. The normalized spacial score (nSPS) is 20.4. The lowest BCUT2D eigenvalue weighted by Crippen LogP contribution is -2.30. The topological polar surface area (TPSA) is 21.3 Å². The Balaban J connectivity index is 2.20. The molecule has 1 heterocycles. The van der Waals surface area contributed by atoms with E-state index < -0.39 is 11.6 Å². The molecule has 1 aromatic rings. The summed E-state index contributed by atoms with van der Waals surface area (Å²) in [6, 6.07) is 2.06. The zero-order valence-electron chi connectivity index (χ0n) is 11.8. The van der Waals surface area contributed by atoms with E-state index >= 15 is 0 Å². The molecule has 20 heavy (non-hydrogen) atoms. The molecule has 0 amide bonds. The van der Waals surface area contributed by atoms with Gasteiger partial charge in [-0.05, 0) is 37.4 Å². The number of halogens is 3. The average molecular weight is 304 g/mol. The van der Waals surface area contributed by atoms with Crippen LogP contribution >= 0.6 is 11.6 Å². The summed E-state index contributed by atoms with van der Waals surface area (Å²) in [5.41, 5.74) is 0. The van der Waals surface area contributed by atoms with E-state index in [4.69, 9.17) is 16.3 Å². The van der Waals surface area contributed by atoms with E-state index in [1.165, 1.54) is 0 Å². The van der Waals surface area contributed by atoms with E-state index in [-0.39, 0.29) is 16.9 Å². The molecule has 0 saturated carbocycles. The van der Waals surface area contributed by atoms with Crippen LogP contribution < -0.4 is 10.1 Å². The SMILES string of the molecule is CC(C)C[C@H](Oc1c(F)ccc(F)c1Cl)[C@H]1CCNC1. The van der Waals surface area contributed by atoms with Gasteiger partial charge in [0.15, 0.2) is 11.6 Å². The van der Waals surface area contributed by atoms with Crippen LogP contribution in [0.3, 0.4) is 0 Å². The van der Waals surface area contributed by atoms with Gasteiger partial charge < -0.3 is 10.1 Å². The molecule has 1 saturated heterocycles. The van der Waals surface area contributed by atoms with E-state index in [1.807, 2.05) is 0 Å². The van der Waals surface area contributed by atoms with Gasteiger partial charge in [-0.25, -0.2) is 8.78 Å². The molecule has 112 valence electrons. The predicted octanol–water partition coefficient (Wildman–Crippen LogP) is 4.02. The Kier molecular flexibility index (Phi) is 5.22. The van der Waals surface area contributed by atoms with Crippen LogP contribution in [0, 0.1) is 23.5 Å². The Morgan fingerprint density at radius 3 is 2.65 bits per heavy atom. The van der Waals surface area contributed by atoms with Gasteiger partial charge in [-0.1, -0.05) is 25.4 Å². The Morgan fingerprint density at radius 2 is 2.05 bits per heavy atom. The summed E-state index contributed by atoms with van der Waals surface area (Å²) in [4.78, 5) is 0. The quantitative estimate of drug-likeness (QED) is 0.830. The first-order valence-corrected chi connectivity index (χ1v) is 7.37. The van der Waals surface area contributed by atoms with Crippen LogP contribution in [0.1, 0.15) is 26.7 Å². The lowest BCUT2D eigenvalue weighted by molar-refractivity contribution is 0.114. The highest BCUT2D eigenvalue weighted by Crippen LogP contribution is 2.34. The van der Waals surface area contributed by atoms with E-state index in [2.05, 4.69) is 19.2 Å². The van der Waals surface area contributed by atoms with Crippen molar-refractivity contribution in [2.75, 3.05) is 13.1 Å². The predicted molar refractivity (Wildman–Crippen MR) is 76.2 cm³/mol. The molecule has 0 bridgehead atoms. The molecule has 0 aliphatic carbocycles. The van der Waals surface area contributed by atoms with Crippen molar-refractivity contribution in [3.8, 4) is 5.75 Å². The van der Waals surface area contributed by atoms with E-state index in [0.29, 0.717) is 11.8 Å². The van der Waals surface area contributed by atoms with Crippen LogP contribution in [0.5, 0.6) is 5.75 Å². The molecular formula is C15H20ClF2NO. The van der Waals surface area contributed by atoms with Crippen molar-refractivity contribution in [3.05, 3.63) is 28.8 Å². The van der Waals surface area contributed by atoms with Gasteiger partial charge in [0.05, 0.1) is 0 Å². The standard InChI is InChI=1S/C15H20ClF2NO/c1-9(2)7-13(10-5-6-19-8-10)20-15-12(18)4-3-11(17)14(15)16/h3-4,9-10,13,19H,5-8H2,1-2H3/t10-,13-/m0/s1. The zero-order valence-corrected chi connectivity index (χ0v) is 12.5. The highest BCUT2D eigenvalue weighted by molar-refractivity contribution is 6.32. The molecule has 1 fully saturated rings. The second-order valence-corrected chi connectivity index (χ2v) is 6.09. The lowest BCUT2D eigenvalue weighted by atomic mass is 9.93. The minimum atomic E-state index is -0.657. The molecule has 1 N–H and O–H groups in total. The lowest BCUT2D eigenvalue weighted by Gasteiger charge is -2.26. The molecule has 1 aliphatic heterocycles. The fourth-order valence-electron chi connectivity index (χ4n) is 2.56. The van der Waals surface area contributed by atoms with Gasteiger partial charge in [-0.3, -0.25) is 0 Å². The maximum Gasteiger partial charge on any atom is 0.176 e. The van der Waals surface area contributed by atoms with Gasteiger partial charge in [0.25, 0.3) is 0 Å². The van der Waals surface area contributed by atoms with Gasteiger partial charge in [0.2, 0.25) is 0 Å². The van der Waals surface area contributed by atoms with Crippen LogP contribution in [0.15, 0.2) is 12.1 Å². The van der Waals surface area contributed by atoms with Crippen LogP contribution in [-0.2, 0) is 0 Å². The van der Waals surface area contributed by atoms with E-state index in [0.717, 1.165) is 38.1 Å². The third-order valence-corrected chi connectivity index (χ3v) is 3.95. The third-order valence-electron chi connectivity index (χ3n) is 3.60. The Labute approximate surface area is 123 Å². The summed E-state index contributed by atoms with van der Waals surface area (Å²) in [7, 11) is 0. The maximum absolute atomic E-state index is 13.8. The van der Waals surface area contributed by atoms with Crippen molar-refractivity contribution < 1.29 is 13.5 Å². The number of hydrogen-bond acceptors (Lipinski definition) is 2. The van der Waals surface area contributed by atoms with Crippen LogP contribution in [0.25, 0.3) is 0 Å². The van der Waals surface area contributed by atoms with Crippen molar-refractivity contribution in [2.24, 2.45) is 11.8 Å². The van der Waals surface area contributed by atoms with Crippen molar-refractivity contribution >= 4 is 11.6 Å². The van der Waals surface area contributed by atoms with Gasteiger partial charge in [0.1, 0.15) is 16.9 Å². The molecule has 2 nitrogen and oxygen atoms in total. The van der Waals surface area contributed by atoms with Gasteiger partial charge in [-0.2, -0.15) is 0 Å². The Bertz CT molecular complexity index is 461. The molecule has 0 radical (unpaired) electrons. The van der Waals surface area contributed by atoms with Crippen LogP contribution in [0.4, 0.5) is 8.78 Å². The second kappa shape index (κ2) is 6.72. The minimum absolute atomic E-state index is 0.154. The number of hydrogen-bond donors (Lipinski definition) is 1. The second-order valence-electron chi connectivity index (χ2n) is 5.71. The highest BCUT2D eigenvalue weighted by Gasteiger charge is 2.29. The highest BCUT2D eigenvalue weighted by atomic mass is 35.5. The number of rotatable bonds is 5. The van der Waals surface area contributed by atoms with Gasteiger partial charge in [0, 0.05) is 12.5 Å². The molecular weight excluding hydrogens is 284 g/mol. The van der Waals surface area contributed by atoms with Gasteiger partial charge in [-0.15, -0.1) is 0 Å². The first-order chi connectivity index (χ1) is 9.49. The van der Waals surface area contributed by atoms with Crippen LogP contribution in [-0.4, -0.2) is 19.2 Å². The van der Waals surface area contributed by atoms with Crippen molar-refractivity contribution in [3.63, 3.8) is 0 Å². The third kappa shape index (κ3) is 3.61. The Morgan fingerprint density at radius 1 is 1.35 bits per heavy atom. The van der Waals surface area contributed by atoms with Crippen molar-refractivity contribution in [1.82, 2.24) is 5.32 Å². The molecule has 5 heteroatoms. The minimum Gasteiger partial charge on any atom is -0.485 e. The molecule has 2 rings (SSSR count). The summed E-state index contributed by atoms with van der Waals surface area (Å²) in [6.07, 6.45) is 1.61. The first kappa shape index (κ1) is 15.5. The summed E-state index contributed by atoms with van der Waals surface area (Å²) < 4.78 is 33.0.